The predicted octanol–water partition coefficient (Wildman–Crippen LogP) is 1.17. The van der Waals surface area contributed by atoms with E-state index in [-0.39, 0.29) is 11.2 Å². The summed E-state index contributed by atoms with van der Waals surface area (Å²) in [6.45, 7) is 6.87. The lowest BCUT2D eigenvalue weighted by Crippen LogP contribution is -2.36. The van der Waals surface area contributed by atoms with Crippen LogP contribution in [0.3, 0.4) is 0 Å². The molecule has 0 radical (unpaired) electrons. The van der Waals surface area contributed by atoms with Crippen LogP contribution in [0.5, 0.6) is 5.75 Å². The second-order valence-electron chi connectivity index (χ2n) is 5.12. The van der Waals surface area contributed by atoms with Crippen LogP contribution in [0.15, 0.2) is 21.5 Å². The minimum atomic E-state index is -0.376. The molecule has 2 heterocycles. The zero-order valence-electron chi connectivity index (χ0n) is 11.4. The van der Waals surface area contributed by atoms with Gasteiger partial charge in [0.15, 0.2) is 5.75 Å². The van der Waals surface area contributed by atoms with Gasteiger partial charge in [-0.25, -0.2) is 0 Å². The second kappa shape index (κ2) is 6.73. The van der Waals surface area contributed by atoms with Gasteiger partial charge in [0.05, 0.1) is 6.54 Å². The minimum Gasteiger partial charge on any atom is -0.502 e. The summed E-state index contributed by atoms with van der Waals surface area (Å²) in [5.74, 6) is 0.994. The van der Waals surface area contributed by atoms with Crippen LogP contribution < -0.4 is 10.7 Å². The Labute approximate surface area is 113 Å². The van der Waals surface area contributed by atoms with Gasteiger partial charge < -0.3 is 14.8 Å². The Hall–Kier alpha value is -1.33. The molecule has 1 aromatic rings. The van der Waals surface area contributed by atoms with Crippen molar-refractivity contribution in [3.63, 3.8) is 0 Å². The summed E-state index contributed by atoms with van der Waals surface area (Å²) in [4.78, 5) is 13.6. The number of hydrogen-bond donors (Lipinski definition) is 2. The molecule has 106 valence electrons. The molecule has 0 saturated carbocycles. The molecule has 0 spiro atoms. The van der Waals surface area contributed by atoms with Crippen molar-refractivity contribution in [2.24, 2.45) is 5.92 Å². The number of rotatable bonds is 5. The third-order valence-electron chi connectivity index (χ3n) is 3.67. The van der Waals surface area contributed by atoms with Crippen LogP contribution in [0.1, 0.15) is 25.5 Å². The maximum Gasteiger partial charge on any atom is 0.226 e. The first-order valence-corrected chi connectivity index (χ1v) is 6.92. The Morgan fingerprint density at radius 1 is 1.47 bits per heavy atom. The maximum atomic E-state index is 11.4. The molecule has 5 nitrogen and oxygen atoms in total. The van der Waals surface area contributed by atoms with E-state index in [9.17, 15) is 4.79 Å². The highest BCUT2D eigenvalue weighted by atomic mass is 16.4. The molecule has 2 rings (SSSR count). The molecule has 1 aromatic heterocycles. The van der Waals surface area contributed by atoms with Gasteiger partial charge in [0.1, 0.15) is 12.0 Å². The standard InChI is InChI=1S/C14H22N2O3/c1-2-16(8-11-3-5-15-6-4-11)9-12-7-13(17)14(18)10-19-12/h7,10-11,15,18H,2-6,8-9H2,1H3. The fourth-order valence-corrected chi connectivity index (χ4v) is 2.48. The van der Waals surface area contributed by atoms with Gasteiger partial charge in [0, 0.05) is 12.6 Å². The van der Waals surface area contributed by atoms with Crippen LogP contribution in [0.25, 0.3) is 0 Å². The molecule has 0 bridgehead atoms. The lowest BCUT2D eigenvalue weighted by molar-refractivity contribution is 0.193. The van der Waals surface area contributed by atoms with Crippen LogP contribution in [-0.4, -0.2) is 36.2 Å². The Morgan fingerprint density at radius 3 is 2.84 bits per heavy atom. The van der Waals surface area contributed by atoms with Crippen molar-refractivity contribution in [2.45, 2.75) is 26.3 Å². The number of nitrogens with one attached hydrogen (secondary N) is 1. The zero-order valence-corrected chi connectivity index (χ0v) is 11.4. The molecule has 0 atom stereocenters. The molecule has 0 aromatic carbocycles. The zero-order chi connectivity index (χ0) is 13.7. The number of piperidine rings is 1. The van der Waals surface area contributed by atoms with Crippen molar-refractivity contribution in [1.82, 2.24) is 10.2 Å². The third kappa shape index (κ3) is 4.08. The van der Waals surface area contributed by atoms with Gasteiger partial charge in [-0.05, 0) is 38.4 Å². The van der Waals surface area contributed by atoms with Gasteiger partial charge in [0.2, 0.25) is 5.43 Å². The number of aromatic hydroxyl groups is 1. The van der Waals surface area contributed by atoms with E-state index in [0.29, 0.717) is 18.2 Å². The summed E-state index contributed by atoms with van der Waals surface area (Å²) in [6.07, 6.45) is 3.53. The van der Waals surface area contributed by atoms with Crippen LogP contribution >= 0.6 is 0 Å². The maximum absolute atomic E-state index is 11.4. The Kier molecular flexibility index (Phi) is 4.99. The Morgan fingerprint density at radius 2 is 2.21 bits per heavy atom. The average Bonchev–Trinajstić information content (AvgIpc) is 2.43. The van der Waals surface area contributed by atoms with Crippen LogP contribution in [0.4, 0.5) is 0 Å². The summed E-state index contributed by atoms with van der Waals surface area (Å²) in [5.41, 5.74) is -0.376. The van der Waals surface area contributed by atoms with Crippen molar-refractivity contribution in [1.29, 1.82) is 0 Å². The smallest absolute Gasteiger partial charge is 0.226 e. The fraction of sp³-hybridized carbons (Fsp3) is 0.643. The first-order valence-electron chi connectivity index (χ1n) is 6.92. The van der Waals surface area contributed by atoms with Crippen LogP contribution in [0.2, 0.25) is 0 Å². The molecule has 0 unspecified atom stereocenters. The molecule has 2 N–H and O–H groups in total. The van der Waals surface area contributed by atoms with Gasteiger partial charge >= 0.3 is 0 Å². The van der Waals surface area contributed by atoms with Crippen molar-refractivity contribution in [2.75, 3.05) is 26.2 Å². The van der Waals surface area contributed by atoms with Crippen LogP contribution in [-0.2, 0) is 6.54 Å². The Bertz CT molecular complexity index is 452. The Balaban J connectivity index is 1.93. The monoisotopic (exact) mass is 266 g/mol. The largest absolute Gasteiger partial charge is 0.502 e. The summed E-state index contributed by atoms with van der Waals surface area (Å²) in [5, 5.41) is 12.5. The molecule has 1 fully saturated rings. The number of hydrogen-bond acceptors (Lipinski definition) is 5. The second-order valence-corrected chi connectivity index (χ2v) is 5.12. The van der Waals surface area contributed by atoms with E-state index in [1.54, 1.807) is 0 Å². The topological polar surface area (TPSA) is 65.7 Å². The van der Waals surface area contributed by atoms with E-state index >= 15 is 0 Å². The normalized spacial score (nSPS) is 16.9. The average molecular weight is 266 g/mol. The molecule has 1 aliphatic heterocycles. The van der Waals surface area contributed by atoms with Gasteiger partial charge in [-0.3, -0.25) is 9.69 Å². The molecular weight excluding hydrogens is 244 g/mol. The number of nitrogens with zero attached hydrogens (tertiary/aromatic N) is 1. The summed E-state index contributed by atoms with van der Waals surface area (Å²) >= 11 is 0. The molecule has 1 aliphatic rings. The van der Waals surface area contributed by atoms with E-state index in [2.05, 4.69) is 17.1 Å². The van der Waals surface area contributed by atoms with Gasteiger partial charge in [-0.1, -0.05) is 6.92 Å². The van der Waals surface area contributed by atoms with Gasteiger partial charge in [-0.2, -0.15) is 0 Å². The lowest BCUT2D eigenvalue weighted by atomic mass is 9.97. The predicted molar refractivity (Wildman–Crippen MR) is 73.2 cm³/mol. The van der Waals surface area contributed by atoms with Gasteiger partial charge in [0.25, 0.3) is 0 Å². The van der Waals surface area contributed by atoms with Crippen molar-refractivity contribution < 1.29 is 9.52 Å². The van der Waals surface area contributed by atoms with Crippen molar-refractivity contribution >= 4 is 0 Å². The first kappa shape index (κ1) is 14.1. The van der Waals surface area contributed by atoms with Crippen molar-refractivity contribution in [3.05, 3.63) is 28.3 Å². The quantitative estimate of drug-likeness (QED) is 0.837. The highest BCUT2D eigenvalue weighted by Crippen LogP contribution is 2.15. The third-order valence-corrected chi connectivity index (χ3v) is 3.67. The van der Waals surface area contributed by atoms with Crippen LogP contribution in [0, 0.1) is 5.92 Å². The van der Waals surface area contributed by atoms with E-state index in [0.717, 1.165) is 32.4 Å². The lowest BCUT2D eigenvalue weighted by Gasteiger charge is -2.28. The highest BCUT2D eigenvalue weighted by molar-refractivity contribution is 5.15. The van der Waals surface area contributed by atoms with E-state index in [4.69, 9.17) is 9.52 Å². The summed E-state index contributed by atoms with van der Waals surface area (Å²) in [6, 6.07) is 1.38. The van der Waals surface area contributed by atoms with Gasteiger partial charge in [-0.15, -0.1) is 0 Å². The highest BCUT2D eigenvalue weighted by Gasteiger charge is 2.17. The first-order chi connectivity index (χ1) is 9.19. The van der Waals surface area contributed by atoms with Crippen molar-refractivity contribution in [3.8, 4) is 5.75 Å². The summed E-state index contributed by atoms with van der Waals surface area (Å²) in [7, 11) is 0. The SMILES string of the molecule is CCN(Cc1cc(=O)c(O)co1)CC1CCNCC1. The van der Waals surface area contributed by atoms with E-state index in [1.165, 1.54) is 18.9 Å². The van der Waals surface area contributed by atoms with E-state index in [1.807, 2.05) is 0 Å². The molecular formula is C14H22N2O3. The minimum absolute atomic E-state index is 0.329. The molecule has 5 heteroatoms. The molecule has 19 heavy (non-hydrogen) atoms. The summed E-state index contributed by atoms with van der Waals surface area (Å²) < 4.78 is 5.26. The fourth-order valence-electron chi connectivity index (χ4n) is 2.48. The molecule has 0 aliphatic carbocycles. The van der Waals surface area contributed by atoms with E-state index < -0.39 is 0 Å². The molecule has 0 amide bonds. The molecule has 1 saturated heterocycles.